The SMILES string of the molecule is CCCCc1ccc(OC2CCN(c3cc(=O)n(C)c4ccc(C#N)cc34)CC2)cc1. The van der Waals surface area contributed by atoms with Crippen LogP contribution in [0.15, 0.2) is 53.3 Å². The van der Waals surface area contributed by atoms with Crippen molar-refractivity contribution < 1.29 is 4.74 Å². The van der Waals surface area contributed by atoms with Crippen molar-refractivity contribution in [1.29, 1.82) is 5.26 Å². The highest BCUT2D eigenvalue weighted by Gasteiger charge is 2.23. The Hall–Kier alpha value is -3.26. The summed E-state index contributed by atoms with van der Waals surface area (Å²) in [7, 11) is 1.77. The van der Waals surface area contributed by atoms with E-state index in [9.17, 15) is 10.1 Å². The molecule has 160 valence electrons. The van der Waals surface area contributed by atoms with Gasteiger partial charge in [-0.05, 0) is 48.7 Å². The van der Waals surface area contributed by atoms with E-state index in [4.69, 9.17) is 4.74 Å². The second-order valence-corrected chi connectivity index (χ2v) is 8.32. The van der Waals surface area contributed by atoms with E-state index >= 15 is 0 Å². The van der Waals surface area contributed by atoms with Crippen LogP contribution in [0.1, 0.15) is 43.7 Å². The van der Waals surface area contributed by atoms with E-state index < -0.39 is 0 Å². The third kappa shape index (κ3) is 4.59. The van der Waals surface area contributed by atoms with Crippen LogP contribution in [0.5, 0.6) is 5.75 Å². The summed E-state index contributed by atoms with van der Waals surface area (Å²) in [6.45, 7) is 3.85. The first-order valence-electron chi connectivity index (χ1n) is 11.1. The van der Waals surface area contributed by atoms with Gasteiger partial charge in [0.2, 0.25) is 0 Å². The summed E-state index contributed by atoms with van der Waals surface area (Å²) < 4.78 is 7.87. The number of unbranched alkanes of at least 4 members (excludes halogenated alkanes) is 1. The molecule has 5 nitrogen and oxygen atoms in total. The fourth-order valence-electron chi connectivity index (χ4n) is 4.30. The van der Waals surface area contributed by atoms with Crippen LogP contribution in [-0.4, -0.2) is 23.8 Å². The number of fused-ring (bicyclic) bond motifs is 1. The largest absolute Gasteiger partial charge is 0.490 e. The lowest BCUT2D eigenvalue weighted by Gasteiger charge is -2.34. The quantitative estimate of drug-likeness (QED) is 0.580. The van der Waals surface area contributed by atoms with E-state index in [1.165, 1.54) is 18.4 Å². The second-order valence-electron chi connectivity index (χ2n) is 8.32. The molecule has 0 atom stereocenters. The van der Waals surface area contributed by atoms with E-state index in [0.717, 1.165) is 54.7 Å². The highest BCUT2D eigenvalue weighted by molar-refractivity contribution is 5.93. The topological polar surface area (TPSA) is 58.3 Å². The molecule has 0 unspecified atom stereocenters. The number of aryl methyl sites for hydroxylation is 2. The van der Waals surface area contributed by atoms with Crippen LogP contribution < -0.4 is 15.2 Å². The summed E-state index contributed by atoms with van der Waals surface area (Å²) in [4.78, 5) is 14.7. The number of piperidine rings is 1. The van der Waals surface area contributed by atoms with Crippen molar-refractivity contribution in [2.75, 3.05) is 18.0 Å². The third-order valence-corrected chi connectivity index (χ3v) is 6.18. The zero-order valence-corrected chi connectivity index (χ0v) is 18.3. The molecule has 1 aromatic heterocycles. The molecular weight excluding hydrogens is 386 g/mol. The Kier molecular flexibility index (Phi) is 6.27. The molecule has 0 radical (unpaired) electrons. The fourth-order valence-corrected chi connectivity index (χ4v) is 4.30. The zero-order valence-electron chi connectivity index (χ0n) is 18.3. The summed E-state index contributed by atoms with van der Waals surface area (Å²) in [6.07, 6.45) is 5.50. The molecule has 0 aliphatic carbocycles. The van der Waals surface area contributed by atoms with Gasteiger partial charge in [-0.25, -0.2) is 0 Å². The third-order valence-electron chi connectivity index (χ3n) is 6.18. The van der Waals surface area contributed by atoms with Crippen molar-refractivity contribution in [1.82, 2.24) is 4.57 Å². The lowest BCUT2D eigenvalue weighted by atomic mass is 10.0. The zero-order chi connectivity index (χ0) is 21.8. The van der Waals surface area contributed by atoms with Crippen molar-refractivity contribution in [2.45, 2.75) is 45.1 Å². The average Bonchev–Trinajstić information content (AvgIpc) is 2.81. The molecule has 0 spiro atoms. The molecule has 1 aliphatic rings. The van der Waals surface area contributed by atoms with Crippen LogP contribution in [0.25, 0.3) is 10.9 Å². The van der Waals surface area contributed by atoms with Crippen molar-refractivity contribution in [2.24, 2.45) is 7.05 Å². The van der Waals surface area contributed by atoms with E-state index in [2.05, 4.69) is 42.2 Å². The molecule has 31 heavy (non-hydrogen) atoms. The van der Waals surface area contributed by atoms with Gasteiger partial charge in [-0.3, -0.25) is 4.79 Å². The van der Waals surface area contributed by atoms with Crippen LogP contribution in [0.2, 0.25) is 0 Å². The van der Waals surface area contributed by atoms with E-state index in [1.54, 1.807) is 23.7 Å². The molecule has 5 heteroatoms. The molecule has 1 saturated heterocycles. The Balaban J connectivity index is 1.46. The van der Waals surface area contributed by atoms with Crippen molar-refractivity contribution in [3.8, 4) is 11.8 Å². The summed E-state index contributed by atoms with van der Waals surface area (Å²) in [6, 6.07) is 17.9. The summed E-state index contributed by atoms with van der Waals surface area (Å²) >= 11 is 0. The van der Waals surface area contributed by atoms with Gasteiger partial charge in [0.05, 0.1) is 22.8 Å². The number of aromatic nitrogens is 1. The van der Waals surface area contributed by atoms with E-state index in [1.807, 2.05) is 12.1 Å². The molecule has 0 bridgehead atoms. The Bertz CT molecular complexity index is 1150. The van der Waals surface area contributed by atoms with Crippen molar-refractivity contribution in [3.05, 3.63) is 70.0 Å². The molecule has 3 aromatic rings. The first-order chi connectivity index (χ1) is 15.1. The molecule has 2 aromatic carbocycles. The first kappa shape index (κ1) is 21.0. The second kappa shape index (κ2) is 9.26. The maximum Gasteiger partial charge on any atom is 0.252 e. The smallest absolute Gasteiger partial charge is 0.252 e. The molecule has 4 rings (SSSR count). The van der Waals surface area contributed by atoms with Crippen molar-refractivity contribution >= 4 is 16.6 Å². The minimum absolute atomic E-state index is 0.0336. The molecule has 1 aliphatic heterocycles. The highest BCUT2D eigenvalue weighted by Crippen LogP contribution is 2.29. The molecule has 0 amide bonds. The average molecular weight is 416 g/mol. The fraction of sp³-hybridized carbons (Fsp3) is 0.385. The number of rotatable bonds is 6. The van der Waals surface area contributed by atoms with Gasteiger partial charge in [0, 0.05) is 44.4 Å². The van der Waals surface area contributed by atoms with Crippen LogP contribution in [-0.2, 0) is 13.5 Å². The van der Waals surface area contributed by atoms with Crippen LogP contribution in [0.3, 0.4) is 0 Å². The number of pyridine rings is 1. The number of hydrogen-bond donors (Lipinski definition) is 0. The normalized spacial score (nSPS) is 14.5. The van der Waals surface area contributed by atoms with Gasteiger partial charge in [0.1, 0.15) is 11.9 Å². The maximum absolute atomic E-state index is 12.5. The van der Waals surface area contributed by atoms with Crippen LogP contribution in [0.4, 0.5) is 5.69 Å². The number of nitriles is 1. The Morgan fingerprint density at radius 2 is 1.84 bits per heavy atom. The Labute approximate surface area is 183 Å². The summed E-state index contributed by atoms with van der Waals surface area (Å²) in [5.41, 5.74) is 3.69. The van der Waals surface area contributed by atoms with Gasteiger partial charge in [0.25, 0.3) is 5.56 Å². The molecule has 0 saturated carbocycles. The van der Waals surface area contributed by atoms with Gasteiger partial charge >= 0.3 is 0 Å². The molecular formula is C26H29N3O2. The number of hydrogen-bond acceptors (Lipinski definition) is 4. The van der Waals surface area contributed by atoms with E-state index in [-0.39, 0.29) is 11.7 Å². The minimum Gasteiger partial charge on any atom is -0.490 e. The lowest BCUT2D eigenvalue weighted by Crippen LogP contribution is -2.39. The minimum atomic E-state index is -0.0336. The number of ether oxygens (including phenoxy) is 1. The summed E-state index contributed by atoms with van der Waals surface area (Å²) in [5, 5.41) is 10.3. The number of anilines is 1. The summed E-state index contributed by atoms with van der Waals surface area (Å²) in [5.74, 6) is 0.927. The predicted molar refractivity (Wildman–Crippen MR) is 125 cm³/mol. The van der Waals surface area contributed by atoms with Crippen molar-refractivity contribution in [3.63, 3.8) is 0 Å². The molecule has 0 N–H and O–H groups in total. The highest BCUT2D eigenvalue weighted by atomic mass is 16.5. The van der Waals surface area contributed by atoms with Gasteiger partial charge in [-0.15, -0.1) is 0 Å². The Morgan fingerprint density at radius 3 is 2.52 bits per heavy atom. The molecule has 1 fully saturated rings. The predicted octanol–water partition coefficient (Wildman–Crippen LogP) is 4.80. The first-order valence-corrected chi connectivity index (χ1v) is 11.1. The van der Waals surface area contributed by atoms with Gasteiger partial charge in [0.15, 0.2) is 0 Å². The lowest BCUT2D eigenvalue weighted by molar-refractivity contribution is 0.171. The van der Waals surface area contributed by atoms with Crippen LogP contribution >= 0.6 is 0 Å². The van der Waals surface area contributed by atoms with Gasteiger partial charge in [-0.2, -0.15) is 5.26 Å². The monoisotopic (exact) mass is 415 g/mol. The van der Waals surface area contributed by atoms with Gasteiger partial charge in [-0.1, -0.05) is 25.5 Å². The maximum atomic E-state index is 12.5. The number of nitrogens with zero attached hydrogens (tertiary/aromatic N) is 3. The molecule has 2 heterocycles. The van der Waals surface area contributed by atoms with Crippen LogP contribution in [0, 0.1) is 11.3 Å². The van der Waals surface area contributed by atoms with E-state index in [0.29, 0.717) is 5.56 Å². The Morgan fingerprint density at radius 1 is 1.10 bits per heavy atom. The number of benzene rings is 2. The van der Waals surface area contributed by atoms with Gasteiger partial charge < -0.3 is 14.2 Å². The standard InChI is InChI=1S/C26H29N3O2/c1-3-4-5-19-6-9-21(10-7-19)31-22-12-14-29(15-13-22)25-17-26(30)28(2)24-11-8-20(18-27)16-23(24)25/h6-11,16-17,22H,3-5,12-15H2,1-2H3.